The predicted octanol–water partition coefficient (Wildman–Crippen LogP) is 5.04. The molecular weight excluding hydrogens is 392 g/mol. The van der Waals surface area contributed by atoms with Crippen molar-refractivity contribution in [2.75, 3.05) is 18.1 Å². The van der Waals surface area contributed by atoms with Crippen molar-refractivity contribution in [1.29, 1.82) is 0 Å². The van der Waals surface area contributed by atoms with E-state index in [9.17, 15) is 10.2 Å². The van der Waals surface area contributed by atoms with Crippen LogP contribution >= 0.6 is 23.5 Å². The highest BCUT2D eigenvalue weighted by Gasteiger charge is 2.60. The van der Waals surface area contributed by atoms with Gasteiger partial charge in [0.25, 0.3) is 0 Å². The van der Waals surface area contributed by atoms with Crippen LogP contribution in [0.15, 0.2) is 11.6 Å². The van der Waals surface area contributed by atoms with Gasteiger partial charge in [-0.3, -0.25) is 0 Å². The Hall–Kier alpha value is 0.537. The van der Waals surface area contributed by atoms with E-state index >= 15 is 0 Å². The molecule has 1 aliphatic heterocycles. The molecule has 27 heavy (non-hydrogen) atoms. The van der Waals surface area contributed by atoms with Crippen LogP contribution < -0.4 is 0 Å². The summed E-state index contributed by atoms with van der Waals surface area (Å²) in [5.41, 5.74) is -0.115. The zero-order valence-corrected chi connectivity index (χ0v) is 20.5. The first-order chi connectivity index (χ1) is 12.5. The smallest absolute Gasteiger partial charge is 0.192 e. The Morgan fingerprint density at radius 2 is 1.85 bits per heavy atom. The molecule has 2 aliphatic carbocycles. The topological polar surface area (TPSA) is 49.7 Å². The summed E-state index contributed by atoms with van der Waals surface area (Å²) in [5.74, 6) is 2.37. The van der Waals surface area contributed by atoms with E-state index in [4.69, 9.17) is 4.43 Å². The lowest BCUT2D eigenvalue weighted by Gasteiger charge is -2.51. The minimum Gasteiger partial charge on any atom is -0.413 e. The Morgan fingerprint density at radius 1 is 1.22 bits per heavy atom. The van der Waals surface area contributed by atoms with Crippen LogP contribution in [-0.4, -0.2) is 52.9 Å². The number of aliphatic hydroxyl groups excluding tert-OH is 1. The molecule has 1 saturated carbocycles. The average Bonchev–Trinajstić information content (AvgIpc) is 2.92. The minimum atomic E-state index is -1.87. The fraction of sp³-hybridized carbons (Fsp3) is 0.905. The Bertz CT molecular complexity index is 582. The van der Waals surface area contributed by atoms with Crippen molar-refractivity contribution in [1.82, 2.24) is 0 Å². The van der Waals surface area contributed by atoms with E-state index in [0.717, 1.165) is 36.3 Å². The van der Waals surface area contributed by atoms with Crippen molar-refractivity contribution < 1.29 is 14.6 Å². The quantitative estimate of drug-likeness (QED) is 0.483. The molecule has 3 aliphatic rings. The number of allylic oxidation sites excluding steroid dienone is 1. The van der Waals surface area contributed by atoms with Crippen LogP contribution in [-0.2, 0) is 4.43 Å². The van der Waals surface area contributed by atoms with Crippen LogP contribution in [0.5, 0.6) is 0 Å². The summed E-state index contributed by atoms with van der Waals surface area (Å²) in [6.45, 7) is 13.6. The Labute approximate surface area is 175 Å². The van der Waals surface area contributed by atoms with Gasteiger partial charge in [0.05, 0.1) is 17.3 Å². The van der Waals surface area contributed by atoms with Crippen LogP contribution in [0.3, 0.4) is 0 Å². The molecule has 2 fully saturated rings. The molecule has 3 rings (SSSR count). The summed E-state index contributed by atoms with van der Waals surface area (Å²) in [4.78, 5) is 0. The fourth-order valence-electron chi connectivity index (χ4n) is 4.86. The molecule has 0 aromatic carbocycles. The normalized spacial score (nSPS) is 38.6. The maximum atomic E-state index is 11.7. The highest BCUT2D eigenvalue weighted by Crippen LogP contribution is 2.59. The van der Waals surface area contributed by atoms with E-state index in [1.807, 2.05) is 23.5 Å². The number of rotatable bonds is 4. The van der Waals surface area contributed by atoms with E-state index in [1.165, 1.54) is 6.42 Å². The first kappa shape index (κ1) is 22.2. The standard InChI is InChI=1S/C21H38O3S2Si/c1-19(2,3)27(5,6)24-17-9-8-16-20(17,4)11-10-15(21(16,23)14-22)18-25-12-7-13-26-18/h10,16-18,22-23H,7-9,11-14H2,1-6H3/t16-,17+,20+,21-/m1/s1. The molecule has 3 nitrogen and oxygen atoms in total. The van der Waals surface area contributed by atoms with E-state index in [2.05, 4.69) is 46.9 Å². The molecular formula is C21H38O3S2Si. The fourth-order valence-corrected chi connectivity index (χ4v) is 9.47. The first-order valence-electron chi connectivity index (χ1n) is 10.4. The zero-order chi connectivity index (χ0) is 20.1. The third-order valence-electron chi connectivity index (χ3n) is 7.65. The summed E-state index contributed by atoms with van der Waals surface area (Å²) in [6, 6.07) is 0. The third-order valence-corrected chi connectivity index (χ3v) is 15.1. The number of thioether (sulfide) groups is 2. The van der Waals surface area contributed by atoms with E-state index < -0.39 is 13.9 Å². The van der Waals surface area contributed by atoms with Gasteiger partial charge >= 0.3 is 0 Å². The Kier molecular flexibility index (Phi) is 6.30. The van der Waals surface area contributed by atoms with Crippen LogP contribution in [0.1, 0.15) is 53.4 Å². The lowest BCUT2D eigenvalue weighted by atomic mass is 9.62. The number of fused-ring (bicyclic) bond motifs is 1. The maximum absolute atomic E-state index is 11.7. The minimum absolute atomic E-state index is 0.0768. The van der Waals surface area contributed by atoms with Gasteiger partial charge in [-0.05, 0) is 60.9 Å². The SMILES string of the molecule is CC(C)(C)[Si](C)(C)O[C@H]1CC[C@@H]2[C@]1(C)CC=C(C1SCCCS1)[C@]2(O)CO. The number of hydrogen-bond donors (Lipinski definition) is 2. The molecule has 0 aromatic heterocycles. The van der Waals surface area contributed by atoms with Gasteiger partial charge in [0.1, 0.15) is 5.60 Å². The lowest BCUT2D eigenvalue weighted by Crippen LogP contribution is -2.56. The molecule has 0 radical (unpaired) electrons. The maximum Gasteiger partial charge on any atom is 0.192 e. The molecule has 6 heteroatoms. The molecule has 1 saturated heterocycles. The highest BCUT2D eigenvalue weighted by molar-refractivity contribution is 8.17. The second-order valence-corrected chi connectivity index (χ2v) is 17.9. The first-order valence-corrected chi connectivity index (χ1v) is 15.4. The van der Waals surface area contributed by atoms with Crippen molar-refractivity contribution in [2.45, 2.75) is 87.8 Å². The van der Waals surface area contributed by atoms with Gasteiger partial charge in [0.2, 0.25) is 0 Å². The largest absolute Gasteiger partial charge is 0.413 e. The van der Waals surface area contributed by atoms with Crippen LogP contribution in [0, 0.1) is 11.3 Å². The average molecular weight is 431 g/mol. The lowest BCUT2D eigenvalue weighted by molar-refractivity contribution is -0.0916. The van der Waals surface area contributed by atoms with Gasteiger partial charge in [-0.2, -0.15) is 0 Å². The zero-order valence-electron chi connectivity index (χ0n) is 17.9. The van der Waals surface area contributed by atoms with Gasteiger partial charge in [0, 0.05) is 11.3 Å². The Morgan fingerprint density at radius 3 is 2.41 bits per heavy atom. The molecule has 4 atom stereocenters. The summed E-state index contributed by atoms with van der Waals surface area (Å²) in [6.07, 6.45) is 6.54. The van der Waals surface area contributed by atoms with Gasteiger partial charge in [-0.25, -0.2) is 0 Å². The summed E-state index contributed by atoms with van der Waals surface area (Å²) >= 11 is 3.87. The van der Waals surface area contributed by atoms with Crippen molar-refractivity contribution >= 4 is 31.8 Å². The molecule has 1 heterocycles. The van der Waals surface area contributed by atoms with Crippen molar-refractivity contribution in [3.63, 3.8) is 0 Å². The molecule has 0 amide bonds. The Balaban J connectivity index is 1.88. The van der Waals surface area contributed by atoms with Crippen molar-refractivity contribution in [2.24, 2.45) is 11.3 Å². The van der Waals surface area contributed by atoms with Crippen molar-refractivity contribution in [3.05, 3.63) is 11.6 Å². The molecule has 0 aromatic rings. The van der Waals surface area contributed by atoms with Crippen molar-refractivity contribution in [3.8, 4) is 0 Å². The molecule has 0 bridgehead atoms. The third kappa shape index (κ3) is 3.84. The second kappa shape index (κ2) is 7.66. The van der Waals surface area contributed by atoms with E-state index in [1.54, 1.807) is 0 Å². The van der Waals surface area contributed by atoms with Gasteiger partial charge in [-0.15, -0.1) is 23.5 Å². The summed E-state index contributed by atoms with van der Waals surface area (Å²) in [5, 5.41) is 22.2. The van der Waals surface area contributed by atoms with E-state index in [0.29, 0.717) is 4.58 Å². The van der Waals surface area contributed by atoms with Gasteiger partial charge in [0.15, 0.2) is 8.32 Å². The van der Waals surface area contributed by atoms with Crippen LogP contribution in [0.4, 0.5) is 0 Å². The van der Waals surface area contributed by atoms with Gasteiger partial charge in [-0.1, -0.05) is 33.8 Å². The van der Waals surface area contributed by atoms with Crippen LogP contribution in [0.2, 0.25) is 18.1 Å². The van der Waals surface area contributed by atoms with E-state index in [-0.39, 0.29) is 29.1 Å². The number of aliphatic hydroxyl groups is 2. The monoisotopic (exact) mass is 430 g/mol. The molecule has 156 valence electrons. The summed E-state index contributed by atoms with van der Waals surface area (Å²) in [7, 11) is -1.87. The molecule has 2 N–H and O–H groups in total. The van der Waals surface area contributed by atoms with Crippen LogP contribution in [0.25, 0.3) is 0 Å². The van der Waals surface area contributed by atoms with Gasteiger partial charge < -0.3 is 14.6 Å². The number of hydrogen-bond acceptors (Lipinski definition) is 5. The molecule has 0 unspecified atom stereocenters. The second-order valence-electron chi connectivity index (χ2n) is 10.4. The predicted molar refractivity (Wildman–Crippen MR) is 121 cm³/mol. The highest BCUT2D eigenvalue weighted by atomic mass is 32.2. The molecule has 0 spiro atoms. The summed E-state index contributed by atoms with van der Waals surface area (Å²) < 4.78 is 7.15.